The van der Waals surface area contributed by atoms with Gasteiger partial charge in [-0.1, -0.05) is 31.9 Å². The molecule has 2 fully saturated rings. The van der Waals surface area contributed by atoms with E-state index >= 15 is 0 Å². The van der Waals surface area contributed by atoms with Gasteiger partial charge in [0.05, 0.1) is 5.56 Å². The molecule has 10 nitrogen and oxygen atoms in total. The van der Waals surface area contributed by atoms with Crippen molar-refractivity contribution in [3.63, 3.8) is 0 Å². The maximum atomic E-state index is 13.8. The summed E-state index contributed by atoms with van der Waals surface area (Å²) < 4.78 is 5.90. The first-order valence-corrected chi connectivity index (χ1v) is 12.5. The number of carbonyl (C=O) groups is 4. The number of esters is 1. The molecule has 0 radical (unpaired) electrons. The van der Waals surface area contributed by atoms with E-state index in [0.717, 1.165) is 25.7 Å². The number of amides is 1. The molecular formula is C27H29NO9. The number of primary amides is 1. The third-order valence-electron chi connectivity index (χ3n) is 8.53. The van der Waals surface area contributed by atoms with Gasteiger partial charge in [0.25, 0.3) is 5.91 Å². The molecule has 1 aromatic carbocycles. The molecule has 5 rings (SSSR count). The predicted molar refractivity (Wildman–Crippen MR) is 128 cm³/mol. The quantitative estimate of drug-likeness (QED) is 0.298. The van der Waals surface area contributed by atoms with Crippen molar-refractivity contribution in [1.82, 2.24) is 0 Å². The number of benzene rings is 1. The number of hydrogen-bond acceptors (Lipinski definition) is 9. The predicted octanol–water partition coefficient (Wildman–Crippen LogP) is 2.09. The minimum atomic E-state index is -2.85. The van der Waals surface area contributed by atoms with E-state index in [0.29, 0.717) is 5.56 Å². The molecule has 37 heavy (non-hydrogen) atoms. The van der Waals surface area contributed by atoms with Gasteiger partial charge in [-0.2, -0.15) is 0 Å². The molecule has 0 spiro atoms. The number of aromatic hydroxyl groups is 1. The van der Waals surface area contributed by atoms with Gasteiger partial charge in [0.1, 0.15) is 28.9 Å². The lowest BCUT2D eigenvalue weighted by Gasteiger charge is -2.51. The fourth-order valence-electron chi connectivity index (χ4n) is 6.73. The molecule has 0 unspecified atom stereocenters. The number of rotatable bonds is 4. The molecule has 1 aromatic rings. The van der Waals surface area contributed by atoms with E-state index in [2.05, 4.69) is 0 Å². The number of ether oxygens (including phenoxy) is 1. The summed E-state index contributed by atoms with van der Waals surface area (Å²) in [6, 6.07) is 4.56. The monoisotopic (exact) mass is 511 g/mol. The Hall–Kier alpha value is -3.66. The Morgan fingerprint density at radius 3 is 2.46 bits per heavy atom. The van der Waals surface area contributed by atoms with Gasteiger partial charge in [0.15, 0.2) is 11.4 Å². The number of hydrogen-bond donors (Lipinski definition) is 5. The summed E-state index contributed by atoms with van der Waals surface area (Å²) in [5.41, 5.74) is 1.62. The Kier molecular flexibility index (Phi) is 5.90. The number of aliphatic hydroxyl groups excluding tert-OH is 2. The second kappa shape index (κ2) is 8.72. The largest absolute Gasteiger partial charge is 0.508 e. The summed E-state index contributed by atoms with van der Waals surface area (Å²) in [6.07, 6.45) is 1.96. The van der Waals surface area contributed by atoms with Gasteiger partial charge in [0.2, 0.25) is 5.78 Å². The first-order chi connectivity index (χ1) is 17.5. The third-order valence-corrected chi connectivity index (χ3v) is 8.53. The summed E-state index contributed by atoms with van der Waals surface area (Å²) >= 11 is 0. The van der Waals surface area contributed by atoms with Crippen LogP contribution in [-0.2, 0) is 23.9 Å². The van der Waals surface area contributed by atoms with Crippen LogP contribution in [0.2, 0.25) is 0 Å². The molecule has 4 aliphatic rings. The van der Waals surface area contributed by atoms with Crippen molar-refractivity contribution in [1.29, 1.82) is 0 Å². The lowest BCUT2D eigenvalue weighted by molar-refractivity contribution is -0.179. The Labute approximate surface area is 212 Å². The number of fused-ring (bicyclic) bond motifs is 3. The summed E-state index contributed by atoms with van der Waals surface area (Å²) in [4.78, 5) is 51.7. The first kappa shape index (κ1) is 25.0. The number of carbonyl (C=O) groups excluding carboxylic acids is 4. The standard InChI is InChI=1S/C27H29NO9/c1-11-13-7-4-8-15(29)19(13)22(32)21-18(11)23(37-17(31)9-12-5-2-3-6-12)14-10-16(30)20(26(28)35)24(33)27(14,36)25(21)34/h4,7-8,11-12,14,18,23,29,32-33,36H,2-3,5-6,9-10H2,1H3,(H2,28,35)/t11-,14+,18+,23+,27+/m0/s1. The molecule has 196 valence electrons. The van der Waals surface area contributed by atoms with Crippen LogP contribution in [0, 0.1) is 17.8 Å². The minimum absolute atomic E-state index is 0.0156. The highest BCUT2D eigenvalue weighted by Crippen LogP contribution is 2.56. The highest BCUT2D eigenvalue weighted by atomic mass is 16.5. The lowest BCUT2D eigenvalue weighted by Crippen LogP contribution is -2.64. The van der Waals surface area contributed by atoms with Crippen molar-refractivity contribution >= 4 is 29.2 Å². The smallest absolute Gasteiger partial charge is 0.306 e. The van der Waals surface area contributed by atoms with Crippen LogP contribution in [0.25, 0.3) is 5.76 Å². The average Bonchev–Trinajstić information content (AvgIpc) is 3.34. The summed E-state index contributed by atoms with van der Waals surface area (Å²) in [7, 11) is 0. The van der Waals surface area contributed by atoms with Crippen molar-refractivity contribution in [3.05, 3.63) is 46.2 Å². The molecule has 6 N–H and O–H groups in total. The fraction of sp³-hybridized carbons (Fsp3) is 0.481. The number of nitrogens with two attached hydrogens (primary N) is 1. The molecule has 0 aromatic heterocycles. The van der Waals surface area contributed by atoms with Gasteiger partial charge in [-0.3, -0.25) is 19.2 Å². The van der Waals surface area contributed by atoms with Crippen LogP contribution in [0.15, 0.2) is 35.1 Å². The molecule has 0 saturated heterocycles. The first-order valence-electron chi connectivity index (χ1n) is 12.5. The molecule has 0 heterocycles. The van der Waals surface area contributed by atoms with E-state index in [9.17, 15) is 39.6 Å². The Morgan fingerprint density at radius 2 is 1.81 bits per heavy atom. The van der Waals surface area contributed by atoms with Crippen molar-refractivity contribution in [2.45, 2.75) is 63.1 Å². The maximum Gasteiger partial charge on any atom is 0.306 e. The Bertz CT molecular complexity index is 1290. The van der Waals surface area contributed by atoms with Gasteiger partial charge in [-0.05, 0) is 36.3 Å². The molecule has 4 aliphatic carbocycles. The Balaban J connectivity index is 1.69. The topological polar surface area (TPSA) is 184 Å². The van der Waals surface area contributed by atoms with Crippen LogP contribution in [0.5, 0.6) is 5.75 Å². The van der Waals surface area contributed by atoms with Gasteiger partial charge in [-0.25, -0.2) is 0 Å². The number of ketones is 2. The molecule has 2 saturated carbocycles. The van der Waals surface area contributed by atoms with E-state index < -0.39 is 76.4 Å². The van der Waals surface area contributed by atoms with Gasteiger partial charge < -0.3 is 30.9 Å². The third kappa shape index (κ3) is 3.57. The van der Waals surface area contributed by atoms with Gasteiger partial charge in [0, 0.05) is 30.3 Å². The maximum absolute atomic E-state index is 13.8. The fourth-order valence-corrected chi connectivity index (χ4v) is 6.73. The van der Waals surface area contributed by atoms with Crippen molar-refractivity contribution in [2.75, 3.05) is 0 Å². The van der Waals surface area contributed by atoms with Crippen LogP contribution in [0.3, 0.4) is 0 Å². The highest BCUT2D eigenvalue weighted by Gasteiger charge is 2.66. The summed E-state index contributed by atoms with van der Waals surface area (Å²) in [5.74, 6) is -8.98. The normalized spacial score (nSPS) is 31.6. The van der Waals surface area contributed by atoms with Crippen molar-refractivity contribution in [2.24, 2.45) is 23.5 Å². The van der Waals surface area contributed by atoms with Gasteiger partial charge in [-0.15, -0.1) is 0 Å². The average molecular weight is 512 g/mol. The van der Waals surface area contributed by atoms with Crippen LogP contribution in [-0.4, -0.2) is 55.6 Å². The van der Waals surface area contributed by atoms with Gasteiger partial charge >= 0.3 is 5.97 Å². The minimum Gasteiger partial charge on any atom is -0.508 e. The molecule has 0 bridgehead atoms. The summed E-state index contributed by atoms with van der Waals surface area (Å²) in [6.45, 7) is 1.72. The molecule has 10 heteroatoms. The number of aliphatic hydroxyl groups is 3. The van der Waals surface area contributed by atoms with E-state index in [1.54, 1.807) is 19.1 Å². The zero-order chi connectivity index (χ0) is 26.8. The molecule has 5 atom stereocenters. The molecule has 1 amide bonds. The zero-order valence-corrected chi connectivity index (χ0v) is 20.3. The second-order valence-corrected chi connectivity index (χ2v) is 10.5. The molecule has 0 aliphatic heterocycles. The zero-order valence-electron chi connectivity index (χ0n) is 20.3. The SMILES string of the molecule is C[C@H]1c2cccc(O)c2C(O)=C2C(=O)[C@]3(O)C(O)=C(C(N)=O)C(=O)C[C@@H]3[C@@H](OC(=O)CC3CCCC3)[C@@H]21. The highest BCUT2D eigenvalue weighted by molar-refractivity contribution is 6.23. The van der Waals surface area contributed by atoms with Crippen molar-refractivity contribution in [3.8, 4) is 5.75 Å². The van der Waals surface area contributed by atoms with E-state index in [1.165, 1.54) is 6.07 Å². The number of Topliss-reactive ketones (excluding diaryl/α,β-unsaturated/α-hetero) is 2. The van der Waals surface area contributed by atoms with Crippen LogP contribution < -0.4 is 5.73 Å². The Morgan fingerprint density at radius 1 is 1.14 bits per heavy atom. The van der Waals surface area contributed by atoms with Crippen molar-refractivity contribution < 1.29 is 44.3 Å². The number of phenols is 1. The van der Waals surface area contributed by atoms with E-state index in [4.69, 9.17) is 10.5 Å². The molecular weight excluding hydrogens is 482 g/mol. The lowest BCUT2D eigenvalue weighted by atomic mass is 9.55. The second-order valence-electron chi connectivity index (χ2n) is 10.5. The van der Waals surface area contributed by atoms with Crippen LogP contribution >= 0.6 is 0 Å². The van der Waals surface area contributed by atoms with E-state index in [-0.39, 0.29) is 29.2 Å². The van der Waals surface area contributed by atoms with E-state index in [1.807, 2.05) is 0 Å². The van der Waals surface area contributed by atoms with Crippen LogP contribution in [0.1, 0.15) is 62.5 Å². The van der Waals surface area contributed by atoms with Crippen LogP contribution in [0.4, 0.5) is 0 Å². The number of phenolic OH excluding ortho intramolecular Hbond substituents is 1. The summed E-state index contributed by atoms with van der Waals surface area (Å²) in [5, 5.41) is 44.3.